The number of rotatable bonds is 20. The molecular weight excluding hydrogens is 396 g/mol. The number of carbonyl (C=O) groups is 1. The number of hydrogen-bond donors (Lipinski definition) is 1. The van der Waals surface area contributed by atoms with Crippen LogP contribution < -0.4 is 5.73 Å². The summed E-state index contributed by atoms with van der Waals surface area (Å²) in [6.45, 7) is 12.6. The number of amides is 1. The molecule has 0 aromatic carbocycles. The van der Waals surface area contributed by atoms with Crippen LogP contribution >= 0.6 is 0 Å². The van der Waals surface area contributed by atoms with Crippen molar-refractivity contribution in [2.24, 2.45) is 5.73 Å². The molecular formula is C20H42N2O8. The van der Waals surface area contributed by atoms with Crippen LogP contribution in [0, 0.1) is 0 Å². The lowest BCUT2D eigenvalue weighted by atomic mass is 10.2. The molecule has 0 atom stereocenters. The first-order chi connectivity index (χ1) is 14.4. The highest BCUT2D eigenvalue weighted by Crippen LogP contribution is 2.08. The van der Waals surface area contributed by atoms with Crippen LogP contribution in [0.15, 0.2) is 0 Å². The van der Waals surface area contributed by atoms with E-state index in [1.807, 2.05) is 20.8 Å². The molecule has 0 unspecified atom stereocenters. The van der Waals surface area contributed by atoms with Gasteiger partial charge >= 0.3 is 6.09 Å². The molecule has 10 nitrogen and oxygen atoms in total. The fourth-order valence-corrected chi connectivity index (χ4v) is 1.92. The molecule has 0 aliphatic rings. The second-order valence-electron chi connectivity index (χ2n) is 7.36. The number of likely N-dealkylation sites (N-methyl/N-ethyl adjacent to an activating group) is 1. The van der Waals surface area contributed by atoms with E-state index in [-0.39, 0.29) is 6.09 Å². The molecule has 30 heavy (non-hydrogen) atoms. The maximum absolute atomic E-state index is 11.8. The molecule has 0 radical (unpaired) electrons. The molecule has 0 aromatic rings. The minimum Gasteiger partial charge on any atom is -0.444 e. The molecule has 0 aliphatic carbocycles. The van der Waals surface area contributed by atoms with Crippen molar-refractivity contribution in [3.8, 4) is 0 Å². The van der Waals surface area contributed by atoms with Crippen molar-refractivity contribution in [3.05, 3.63) is 0 Å². The van der Waals surface area contributed by atoms with Crippen molar-refractivity contribution >= 4 is 6.09 Å². The van der Waals surface area contributed by atoms with E-state index in [4.69, 9.17) is 38.9 Å². The van der Waals surface area contributed by atoms with E-state index in [1.54, 1.807) is 7.05 Å². The van der Waals surface area contributed by atoms with Gasteiger partial charge in [0.15, 0.2) is 0 Å². The highest BCUT2D eigenvalue weighted by molar-refractivity contribution is 5.67. The Kier molecular flexibility index (Phi) is 19.3. The normalized spacial score (nSPS) is 11.6. The van der Waals surface area contributed by atoms with Gasteiger partial charge in [0.2, 0.25) is 0 Å². The van der Waals surface area contributed by atoms with Crippen LogP contribution in [-0.4, -0.2) is 116 Å². The Hall–Kier alpha value is -1.01. The third kappa shape index (κ3) is 21.7. The lowest BCUT2D eigenvalue weighted by molar-refractivity contribution is -0.0176. The smallest absolute Gasteiger partial charge is 0.410 e. The van der Waals surface area contributed by atoms with E-state index >= 15 is 0 Å². The third-order valence-corrected chi connectivity index (χ3v) is 3.40. The number of nitrogens with two attached hydrogens (primary N) is 1. The van der Waals surface area contributed by atoms with Gasteiger partial charge in [-0.1, -0.05) is 0 Å². The Balaban J connectivity index is 3.22. The first-order valence-electron chi connectivity index (χ1n) is 10.5. The summed E-state index contributed by atoms with van der Waals surface area (Å²) in [5, 5.41) is 0. The van der Waals surface area contributed by atoms with E-state index < -0.39 is 5.60 Å². The molecule has 0 aliphatic heterocycles. The average Bonchev–Trinajstić information content (AvgIpc) is 2.68. The summed E-state index contributed by atoms with van der Waals surface area (Å²) in [7, 11) is 1.68. The van der Waals surface area contributed by atoms with Crippen LogP contribution in [0.25, 0.3) is 0 Å². The summed E-state index contributed by atoms with van der Waals surface area (Å²) in [6.07, 6.45) is -0.357. The van der Waals surface area contributed by atoms with Crippen LogP contribution in [0.1, 0.15) is 20.8 Å². The van der Waals surface area contributed by atoms with Gasteiger partial charge in [-0.2, -0.15) is 0 Å². The highest BCUT2D eigenvalue weighted by atomic mass is 16.6. The van der Waals surface area contributed by atoms with Crippen molar-refractivity contribution in [3.63, 3.8) is 0 Å². The van der Waals surface area contributed by atoms with Gasteiger partial charge in [-0.25, -0.2) is 4.79 Å². The molecule has 0 bridgehead atoms. The fraction of sp³-hybridized carbons (Fsp3) is 0.950. The lowest BCUT2D eigenvalue weighted by Gasteiger charge is -2.24. The molecule has 0 heterocycles. The average molecular weight is 439 g/mol. The Bertz CT molecular complexity index is 393. The Morgan fingerprint density at radius 1 is 0.667 bits per heavy atom. The van der Waals surface area contributed by atoms with Gasteiger partial charge in [-0.15, -0.1) is 0 Å². The van der Waals surface area contributed by atoms with Crippen molar-refractivity contribution in [1.29, 1.82) is 0 Å². The molecule has 1 amide bonds. The van der Waals surface area contributed by atoms with E-state index in [2.05, 4.69) is 0 Å². The molecule has 0 aromatic heterocycles. The zero-order valence-electron chi connectivity index (χ0n) is 19.2. The van der Waals surface area contributed by atoms with E-state index in [0.717, 1.165) is 0 Å². The van der Waals surface area contributed by atoms with Gasteiger partial charge in [0.1, 0.15) is 5.60 Å². The van der Waals surface area contributed by atoms with Crippen molar-refractivity contribution in [2.45, 2.75) is 26.4 Å². The third-order valence-electron chi connectivity index (χ3n) is 3.40. The summed E-state index contributed by atoms with van der Waals surface area (Å²) >= 11 is 0. The summed E-state index contributed by atoms with van der Waals surface area (Å²) in [5.41, 5.74) is 4.81. The second-order valence-corrected chi connectivity index (χ2v) is 7.36. The standard InChI is InChI=1S/C20H42N2O8/c1-20(2,3)30-19(23)22(4)6-8-25-10-12-27-14-16-29-18-17-28-15-13-26-11-9-24-7-5-21/h5-18,21H2,1-4H3. The van der Waals surface area contributed by atoms with Crippen LogP contribution in [-0.2, 0) is 33.2 Å². The van der Waals surface area contributed by atoms with Gasteiger partial charge in [-0.3, -0.25) is 0 Å². The maximum atomic E-state index is 11.8. The topological polar surface area (TPSA) is 111 Å². The highest BCUT2D eigenvalue weighted by Gasteiger charge is 2.19. The molecule has 0 fully saturated rings. The van der Waals surface area contributed by atoms with Crippen LogP contribution in [0.4, 0.5) is 4.79 Å². The zero-order valence-corrected chi connectivity index (χ0v) is 19.2. The first kappa shape index (κ1) is 29.0. The Morgan fingerprint density at radius 3 is 1.33 bits per heavy atom. The van der Waals surface area contributed by atoms with Crippen molar-refractivity contribution < 1.29 is 38.0 Å². The molecule has 180 valence electrons. The number of ether oxygens (including phenoxy) is 7. The SMILES string of the molecule is CN(CCOCCOCCOCCOCCOCCOCCN)C(=O)OC(C)(C)C. The summed E-state index contributed by atoms with van der Waals surface area (Å²) in [4.78, 5) is 13.3. The summed E-state index contributed by atoms with van der Waals surface area (Å²) in [6, 6.07) is 0. The molecule has 0 saturated heterocycles. The molecule has 0 spiro atoms. The van der Waals surface area contributed by atoms with E-state index in [9.17, 15) is 4.79 Å². The van der Waals surface area contributed by atoms with Gasteiger partial charge in [0, 0.05) is 20.1 Å². The molecule has 0 saturated carbocycles. The predicted molar refractivity (Wildman–Crippen MR) is 113 cm³/mol. The van der Waals surface area contributed by atoms with Gasteiger partial charge < -0.3 is 43.8 Å². The number of carbonyl (C=O) groups excluding carboxylic acids is 1. The second kappa shape index (κ2) is 19.9. The van der Waals surface area contributed by atoms with Gasteiger partial charge in [0.25, 0.3) is 0 Å². The monoisotopic (exact) mass is 438 g/mol. The largest absolute Gasteiger partial charge is 0.444 e. The van der Waals surface area contributed by atoms with Crippen molar-refractivity contribution in [2.75, 3.05) is 99.4 Å². The maximum Gasteiger partial charge on any atom is 0.410 e. The Morgan fingerprint density at radius 2 is 1.00 bits per heavy atom. The fourth-order valence-electron chi connectivity index (χ4n) is 1.92. The predicted octanol–water partition coefficient (Wildman–Crippen LogP) is 0.912. The van der Waals surface area contributed by atoms with Crippen molar-refractivity contribution in [1.82, 2.24) is 4.90 Å². The minimum atomic E-state index is -0.497. The van der Waals surface area contributed by atoms with Gasteiger partial charge in [0.05, 0.1) is 79.3 Å². The number of nitrogens with zero attached hydrogens (tertiary/aromatic N) is 1. The molecule has 10 heteroatoms. The van der Waals surface area contributed by atoms with Gasteiger partial charge in [-0.05, 0) is 20.8 Å². The van der Waals surface area contributed by atoms with Crippen LogP contribution in [0.2, 0.25) is 0 Å². The van der Waals surface area contributed by atoms with Crippen LogP contribution in [0.5, 0.6) is 0 Å². The quantitative estimate of drug-likeness (QED) is 0.277. The Labute approximate surface area is 181 Å². The summed E-state index contributed by atoms with van der Waals surface area (Å²) < 4.78 is 37.4. The summed E-state index contributed by atoms with van der Waals surface area (Å²) in [5.74, 6) is 0. The first-order valence-corrected chi connectivity index (χ1v) is 10.5. The van der Waals surface area contributed by atoms with Crippen LogP contribution in [0.3, 0.4) is 0 Å². The number of hydrogen-bond acceptors (Lipinski definition) is 9. The lowest BCUT2D eigenvalue weighted by Crippen LogP contribution is -2.36. The molecule has 0 rings (SSSR count). The zero-order chi connectivity index (χ0) is 22.5. The molecule has 2 N–H and O–H groups in total. The van der Waals surface area contributed by atoms with E-state index in [0.29, 0.717) is 92.4 Å². The minimum absolute atomic E-state index is 0.357. The van der Waals surface area contributed by atoms with E-state index in [1.165, 1.54) is 4.90 Å².